The Hall–Kier alpha value is -1.52. The van der Waals surface area contributed by atoms with Crippen LogP contribution in [0.1, 0.15) is 29.8 Å². The molecule has 0 aromatic carbocycles. The molecule has 0 amide bonds. The summed E-state index contributed by atoms with van der Waals surface area (Å²) in [5.74, 6) is 2.92. The van der Waals surface area contributed by atoms with Gasteiger partial charge in [-0.2, -0.15) is 0 Å². The molecule has 2 aromatic rings. The molecule has 19 heavy (non-hydrogen) atoms. The highest BCUT2D eigenvalue weighted by Gasteiger charge is 2.08. The van der Waals surface area contributed by atoms with Crippen LogP contribution in [0.15, 0.2) is 33.3 Å². The predicted octanol–water partition coefficient (Wildman–Crippen LogP) is 2.92. The molecule has 0 bridgehead atoms. The van der Waals surface area contributed by atoms with E-state index < -0.39 is 0 Å². The van der Waals surface area contributed by atoms with Crippen LogP contribution in [0.3, 0.4) is 0 Å². The summed E-state index contributed by atoms with van der Waals surface area (Å²) in [6.45, 7) is 7.46. The fourth-order valence-corrected chi connectivity index (χ4v) is 2.03. The molecule has 2 heterocycles. The van der Waals surface area contributed by atoms with Gasteiger partial charge in [-0.1, -0.05) is 6.92 Å². The lowest BCUT2D eigenvalue weighted by Gasteiger charge is -2.12. The van der Waals surface area contributed by atoms with Gasteiger partial charge in [0.05, 0.1) is 19.4 Å². The molecule has 2 aromatic heterocycles. The second-order valence-corrected chi connectivity index (χ2v) is 4.89. The molecule has 0 aliphatic rings. The van der Waals surface area contributed by atoms with Crippen LogP contribution in [0.4, 0.5) is 0 Å². The highest BCUT2D eigenvalue weighted by atomic mass is 16.3. The van der Waals surface area contributed by atoms with E-state index in [0.717, 1.165) is 43.5 Å². The summed E-state index contributed by atoms with van der Waals surface area (Å²) in [5, 5.41) is 3.29. The van der Waals surface area contributed by atoms with Gasteiger partial charge < -0.3 is 14.2 Å². The van der Waals surface area contributed by atoms with Crippen molar-refractivity contribution in [3.63, 3.8) is 0 Å². The first-order valence-electron chi connectivity index (χ1n) is 6.68. The minimum absolute atomic E-state index is 0.784. The second-order valence-electron chi connectivity index (χ2n) is 4.89. The molecule has 0 aliphatic heterocycles. The van der Waals surface area contributed by atoms with Crippen molar-refractivity contribution in [1.29, 1.82) is 0 Å². The predicted molar refractivity (Wildman–Crippen MR) is 74.7 cm³/mol. The van der Waals surface area contributed by atoms with Crippen molar-refractivity contribution in [1.82, 2.24) is 10.2 Å². The summed E-state index contributed by atoms with van der Waals surface area (Å²) in [6.07, 6.45) is 1.82. The van der Waals surface area contributed by atoms with E-state index in [0.29, 0.717) is 0 Å². The Bertz CT molecular complexity index is 502. The molecule has 0 fully saturated rings. The maximum Gasteiger partial charge on any atom is 0.118 e. The zero-order chi connectivity index (χ0) is 13.7. The van der Waals surface area contributed by atoms with Crippen molar-refractivity contribution >= 4 is 0 Å². The highest BCUT2D eigenvalue weighted by molar-refractivity contribution is 5.13. The Kier molecular flexibility index (Phi) is 4.82. The van der Waals surface area contributed by atoms with Gasteiger partial charge >= 0.3 is 0 Å². The van der Waals surface area contributed by atoms with Crippen LogP contribution in [0.25, 0.3) is 0 Å². The van der Waals surface area contributed by atoms with Gasteiger partial charge in [-0.15, -0.1) is 0 Å². The summed E-state index contributed by atoms with van der Waals surface area (Å²) in [4.78, 5) is 2.17. The van der Waals surface area contributed by atoms with E-state index in [9.17, 15) is 0 Å². The number of nitrogens with one attached hydrogen (secondary N) is 1. The van der Waals surface area contributed by atoms with Crippen molar-refractivity contribution < 1.29 is 8.83 Å². The van der Waals surface area contributed by atoms with Crippen LogP contribution < -0.4 is 5.32 Å². The van der Waals surface area contributed by atoms with Crippen LogP contribution in [-0.4, -0.2) is 18.5 Å². The Morgan fingerprint density at radius 3 is 2.68 bits per heavy atom. The zero-order valence-corrected chi connectivity index (χ0v) is 11.9. The SMILES string of the molecule is CCNCc1coc(CN(C)Cc2ccc(C)o2)c1. The van der Waals surface area contributed by atoms with Gasteiger partial charge in [0.1, 0.15) is 17.3 Å². The monoisotopic (exact) mass is 262 g/mol. The second kappa shape index (κ2) is 6.59. The number of nitrogens with zero attached hydrogens (tertiary/aromatic N) is 1. The fourth-order valence-electron chi connectivity index (χ4n) is 2.03. The third-order valence-corrected chi connectivity index (χ3v) is 2.93. The van der Waals surface area contributed by atoms with Crippen LogP contribution in [0, 0.1) is 6.92 Å². The van der Waals surface area contributed by atoms with Crippen molar-refractivity contribution in [2.24, 2.45) is 0 Å². The maximum atomic E-state index is 5.57. The maximum absolute atomic E-state index is 5.57. The standard InChI is InChI=1S/C15H22N2O2/c1-4-16-8-13-7-15(18-11-13)10-17(3)9-14-6-5-12(2)19-14/h5-7,11,16H,4,8-10H2,1-3H3. The number of hydrogen-bond acceptors (Lipinski definition) is 4. The average molecular weight is 262 g/mol. The minimum Gasteiger partial charge on any atom is -0.468 e. The van der Waals surface area contributed by atoms with E-state index in [2.05, 4.69) is 30.3 Å². The minimum atomic E-state index is 0.784. The third kappa shape index (κ3) is 4.26. The molecule has 1 N–H and O–H groups in total. The Balaban J connectivity index is 1.84. The highest BCUT2D eigenvalue weighted by Crippen LogP contribution is 2.13. The van der Waals surface area contributed by atoms with Gasteiger partial charge in [0.25, 0.3) is 0 Å². The lowest BCUT2D eigenvalue weighted by atomic mass is 10.3. The molecule has 104 valence electrons. The Morgan fingerprint density at radius 2 is 2.00 bits per heavy atom. The van der Waals surface area contributed by atoms with E-state index in [4.69, 9.17) is 8.83 Å². The normalized spacial score (nSPS) is 11.4. The number of furan rings is 2. The average Bonchev–Trinajstić information content (AvgIpc) is 2.96. The van der Waals surface area contributed by atoms with Gasteiger partial charge in [0, 0.05) is 12.1 Å². The van der Waals surface area contributed by atoms with Gasteiger partial charge in [-0.05, 0) is 38.7 Å². The Labute approximate surface area is 114 Å². The molecule has 0 aliphatic carbocycles. The Morgan fingerprint density at radius 1 is 1.21 bits per heavy atom. The number of rotatable bonds is 7. The van der Waals surface area contributed by atoms with Crippen LogP contribution in [0.2, 0.25) is 0 Å². The molecule has 0 unspecified atom stereocenters. The van der Waals surface area contributed by atoms with E-state index >= 15 is 0 Å². The lowest BCUT2D eigenvalue weighted by molar-refractivity contribution is 0.263. The molecule has 2 rings (SSSR count). The molecular weight excluding hydrogens is 240 g/mol. The molecule has 0 atom stereocenters. The largest absolute Gasteiger partial charge is 0.468 e. The van der Waals surface area contributed by atoms with Crippen LogP contribution in [-0.2, 0) is 19.6 Å². The first-order chi connectivity index (χ1) is 9.17. The summed E-state index contributed by atoms with van der Waals surface area (Å²) in [5.41, 5.74) is 1.19. The van der Waals surface area contributed by atoms with Crippen LogP contribution >= 0.6 is 0 Å². The molecule has 0 spiro atoms. The number of hydrogen-bond donors (Lipinski definition) is 1. The van der Waals surface area contributed by atoms with Gasteiger partial charge in [-0.3, -0.25) is 4.90 Å². The first-order valence-corrected chi connectivity index (χ1v) is 6.68. The van der Waals surface area contributed by atoms with E-state index in [-0.39, 0.29) is 0 Å². The quantitative estimate of drug-likeness (QED) is 0.833. The van der Waals surface area contributed by atoms with Crippen molar-refractivity contribution in [2.75, 3.05) is 13.6 Å². The van der Waals surface area contributed by atoms with E-state index in [1.807, 2.05) is 25.3 Å². The summed E-state index contributed by atoms with van der Waals surface area (Å²) in [6, 6.07) is 6.11. The zero-order valence-electron chi connectivity index (χ0n) is 11.9. The van der Waals surface area contributed by atoms with Crippen LogP contribution in [0.5, 0.6) is 0 Å². The van der Waals surface area contributed by atoms with E-state index in [1.54, 1.807) is 0 Å². The molecule has 4 nitrogen and oxygen atoms in total. The summed E-state index contributed by atoms with van der Waals surface area (Å²) < 4.78 is 11.1. The fraction of sp³-hybridized carbons (Fsp3) is 0.467. The molecule has 4 heteroatoms. The number of aryl methyl sites for hydroxylation is 1. The van der Waals surface area contributed by atoms with Crippen molar-refractivity contribution in [3.05, 3.63) is 47.3 Å². The smallest absolute Gasteiger partial charge is 0.118 e. The molecular formula is C15H22N2O2. The summed E-state index contributed by atoms with van der Waals surface area (Å²) in [7, 11) is 2.06. The third-order valence-electron chi connectivity index (χ3n) is 2.93. The first kappa shape index (κ1) is 13.9. The molecule has 0 saturated heterocycles. The molecule has 0 saturated carbocycles. The van der Waals surface area contributed by atoms with Crippen molar-refractivity contribution in [3.8, 4) is 0 Å². The van der Waals surface area contributed by atoms with Gasteiger partial charge in [-0.25, -0.2) is 0 Å². The van der Waals surface area contributed by atoms with E-state index in [1.165, 1.54) is 5.56 Å². The summed E-state index contributed by atoms with van der Waals surface area (Å²) >= 11 is 0. The van der Waals surface area contributed by atoms with Crippen molar-refractivity contribution in [2.45, 2.75) is 33.5 Å². The van der Waals surface area contributed by atoms with Gasteiger partial charge in [0.15, 0.2) is 0 Å². The van der Waals surface area contributed by atoms with Gasteiger partial charge in [0.2, 0.25) is 0 Å². The topological polar surface area (TPSA) is 41.6 Å². The lowest BCUT2D eigenvalue weighted by Crippen LogP contribution is -2.16. The molecule has 0 radical (unpaired) electrons.